The SMILES string of the molecule is CCOC(=O)C1CCN(C(=NC)NCCC(=O)Nc2ccc(C)cn2)CC1.I. The van der Waals surface area contributed by atoms with Crippen LogP contribution in [0.3, 0.4) is 0 Å². The standard InChI is InChI=1S/C19H29N5O3.HI/c1-4-27-18(26)15-8-11-24(12-9-15)19(20-3)21-10-7-17(25)23-16-6-5-14(2)13-22-16;/h5-6,13,15H,4,7-12H2,1-3H3,(H,20,21)(H,22,23,25);1H. The van der Waals surface area contributed by atoms with Gasteiger partial charge in [0.1, 0.15) is 5.82 Å². The Morgan fingerprint density at radius 2 is 2.04 bits per heavy atom. The second-order valence-electron chi connectivity index (χ2n) is 6.51. The van der Waals surface area contributed by atoms with Gasteiger partial charge in [-0.1, -0.05) is 6.07 Å². The third kappa shape index (κ3) is 7.61. The molecule has 0 radical (unpaired) electrons. The molecule has 1 aliphatic heterocycles. The summed E-state index contributed by atoms with van der Waals surface area (Å²) >= 11 is 0. The molecule has 9 heteroatoms. The van der Waals surface area contributed by atoms with E-state index in [0.29, 0.717) is 25.4 Å². The molecule has 2 N–H and O–H groups in total. The zero-order valence-corrected chi connectivity index (χ0v) is 19.1. The van der Waals surface area contributed by atoms with Crippen molar-refractivity contribution in [1.82, 2.24) is 15.2 Å². The maximum Gasteiger partial charge on any atom is 0.309 e. The first kappa shape index (κ1) is 24.1. The van der Waals surface area contributed by atoms with Crippen molar-refractivity contribution in [2.45, 2.75) is 33.1 Å². The Balaban J connectivity index is 0.00000392. The maximum atomic E-state index is 12.0. The van der Waals surface area contributed by atoms with Crippen molar-refractivity contribution in [3.05, 3.63) is 23.9 Å². The fraction of sp³-hybridized carbons (Fsp3) is 0.579. The van der Waals surface area contributed by atoms with Gasteiger partial charge in [0.2, 0.25) is 5.91 Å². The van der Waals surface area contributed by atoms with Gasteiger partial charge in [-0.3, -0.25) is 14.6 Å². The molecule has 1 aliphatic rings. The quantitative estimate of drug-likeness (QED) is 0.268. The first-order chi connectivity index (χ1) is 13.0. The third-order valence-electron chi connectivity index (χ3n) is 4.44. The maximum absolute atomic E-state index is 12.0. The smallest absolute Gasteiger partial charge is 0.309 e. The van der Waals surface area contributed by atoms with Crippen LogP contribution in [0.2, 0.25) is 0 Å². The van der Waals surface area contributed by atoms with Crippen LogP contribution in [0, 0.1) is 12.8 Å². The normalized spacial score (nSPS) is 14.8. The van der Waals surface area contributed by atoms with Gasteiger partial charge in [0.25, 0.3) is 0 Å². The van der Waals surface area contributed by atoms with Gasteiger partial charge in [-0.05, 0) is 38.3 Å². The van der Waals surface area contributed by atoms with E-state index in [1.165, 1.54) is 0 Å². The van der Waals surface area contributed by atoms with Gasteiger partial charge in [-0.15, -0.1) is 24.0 Å². The van der Waals surface area contributed by atoms with Crippen molar-refractivity contribution in [3.8, 4) is 0 Å². The number of ether oxygens (including phenoxy) is 1. The number of carbonyl (C=O) groups excluding carboxylic acids is 2. The fourth-order valence-corrected chi connectivity index (χ4v) is 2.95. The number of pyridine rings is 1. The largest absolute Gasteiger partial charge is 0.466 e. The van der Waals surface area contributed by atoms with Crippen LogP contribution in [0.4, 0.5) is 5.82 Å². The predicted octanol–water partition coefficient (Wildman–Crippen LogP) is 2.19. The van der Waals surface area contributed by atoms with Crippen LogP contribution in [0.25, 0.3) is 0 Å². The van der Waals surface area contributed by atoms with E-state index < -0.39 is 0 Å². The van der Waals surface area contributed by atoms with Crippen molar-refractivity contribution in [3.63, 3.8) is 0 Å². The van der Waals surface area contributed by atoms with E-state index in [4.69, 9.17) is 4.74 Å². The first-order valence-corrected chi connectivity index (χ1v) is 9.38. The Bertz CT molecular complexity index is 658. The number of aromatic nitrogens is 1. The highest BCUT2D eigenvalue weighted by molar-refractivity contribution is 14.0. The molecule has 2 rings (SSSR count). The van der Waals surface area contributed by atoms with Crippen LogP contribution >= 0.6 is 24.0 Å². The fourth-order valence-electron chi connectivity index (χ4n) is 2.95. The van der Waals surface area contributed by atoms with Crippen LogP contribution in [-0.2, 0) is 14.3 Å². The van der Waals surface area contributed by atoms with Crippen LogP contribution in [0.15, 0.2) is 23.3 Å². The van der Waals surface area contributed by atoms with Gasteiger partial charge < -0.3 is 20.3 Å². The Hall–Kier alpha value is -1.91. The lowest BCUT2D eigenvalue weighted by Gasteiger charge is -2.33. The van der Waals surface area contributed by atoms with E-state index in [1.54, 1.807) is 19.3 Å². The zero-order valence-electron chi connectivity index (χ0n) is 16.7. The molecule has 1 amide bonds. The van der Waals surface area contributed by atoms with Gasteiger partial charge >= 0.3 is 5.97 Å². The number of halogens is 1. The summed E-state index contributed by atoms with van der Waals surface area (Å²) in [6.07, 6.45) is 3.53. The summed E-state index contributed by atoms with van der Waals surface area (Å²) in [5.74, 6) is 1.05. The molecule has 0 saturated carbocycles. The summed E-state index contributed by atoms with van der Waals surface area (Å²) in [4.78, 5) is 34.4. The molecule has 0 aliphatic carbocycles. The molecule has 1 aromatic heterocycles. The van der Waals surface area contributed by atoms with Gasteiger partial charge in [-0.2, -0.15) is 0 Å². The molecule has 2 heterocycles. The second-order valence-corrected chi connectivity index (χ2v) is 6.51. The van der Waals surface area contributed by atoms with Gasteiger partial charge in [0.15, 0.2) is 5.96 Å². The minimum Gasteiger partial charge on any atom is -0.466 e. The van der Waals surface area contributed by atoms with Gasteiger partial charge in [-0.25, -0.2) is 4.98 Å². The number of aliphatic imine (C=N–C) groups is 1. The highest BCUT2D eigenvalue weighted by Gasteiger charge is 2.27. The van der Waals surface area contributed by atoms with Crippen molar-refractivity contribution in [1.29, 1.82) is 0 Å². The molecule has 156 valence electrons. The van der Waals surface area contributed by atoms with Crippen molar-refractivity contribution in [2.24, 2.45) is 10.9 Å². The molecule has 8 nitrogen and oxygen atoms in total. The van der Waals surface area contributed by atoms with Gasteiger partial charge in [0, 0.05) is 39.3 Å². The number of esters is 1. The van der Waals surface area contributed by atoms with Crippen molar-refractivity contribution < 1.29 is 14.3 Å². The minimum absolute atomic E-state index is 0. The number of nitrogens with one attached hydrogen (secondary N) is 2. The topological polar surface area (TPSA) is 95.9 Å². The highest BCUT2D eigenvalue weighted by atomic mass is 127. The molecule has 1 fully saturated rings. The molecule has 0 atom stereocenters. The second kappa shape index (κ2) is 12.5. The summed E-state index contributed by atoms with van der Waals surface area (Å²) in [5, 5.41) is 5.99. The number of hydrogen-bond acceptors (Lipinski definition) is 5. The molecule has 28 heavy (non-hydrogen) atoms. The molecule has 0 spiro atoms. The summed E-state index contributed by atoms with van der Waals surface area (Å²) in [7, 11) is 1.72. The van der Waals surface area contributed by atoms with E-state index in [9.17, 15) is 9.59 Å². The molecule has 1 aromatic rings. The Morgan fingerprint density at radius 3 is 2.61 bits per heavy atom. The van der Waals surface area contributed by atoms with Crippen LogP contribution in [-0.4, -0.2) is 61.0 Å². The number of piperidine rings is 1. The lowest BCUT2D eigenvalue weighted by Crippen LogP contribution is -2.47. The van der Waals surface area contributed by atoms with Crippen molar-refractivity contribution >= 4 is 47.6 Å². The summed E-state index contributed by atoms with van der Waals surface area (Å²) < 4.78 is 5.10. The number of rotatable bonds is 6. The number of aryl methyl sites for hydroxylation is 1. The molecule has 0 aromatic carbocycles. The lowest BCUT2D eigenvalue weighted by molar-refractivity contribution is -0.149. The van der Waals surface area contributed by atoms with Crippen molar-refractivity contribution in [2.75, 3.05) is 38.6 Å². The summed E-state index contributed by atoms with van der Waals surface area (Å²) in [6, 6.07) is 3.69. The number of likely N-dealkylation sites (tertiary alicyclic amines) is 1. The number of nitrogens with zero attached hydrogens (tertiary/aromatic N) is 3. The number of anilines is 1. The molecule has 0 bridgehead atoms. The van der Waals surface area contributed by atoms with E-state index in [2.05, 4.69) is 25.5 Å². The number of hydrogen-bond donors (Lipinski definition) is 2. The molecule has 1 saturated heterocycles. The molecule has 0 unspecified atom stereocenters. The average Bonchev–Trinajstić information content (AvgIpc) is 2.67. The highest BCUT2D eigenvalue weighted by Crippen LogP contribution is 2.18. The zero-order chi connectivity index (χ0) is 19.6. The number of amides is 1. The van der Waals surface area contributed by atoms with E-state index in [1.807, 2.05) is 19.9 Å². The summed E-state index contributed by atoms with van der Waals surface area (Å²) in [5.41, 5.74) is 1.05. The van der Waals surface area contributed by atoms with E-state index >= 15 is 0 Å². The van der Waals surface area contributed by atoms with Gasteiger partial charge in [0.05, 0.1) is 12.5 Å². The third-order valence-corrected chi connectivity index (χ3v) is 4.44. The number of carbonyl (C=O) groups is 2. The Kier molecular flexibility index (Phi) is 10.8. The van der Waals surface area contributed by atoms with Crippen LogP contribution < -0.4 is 10.6 Å². The van der Waals surface area contributed by atoms with E-state index in [0.717, 1.165) is 37.5 Å². The molecular weight excluding hydrogens is 473 g/mol. The number of guanidine groups is 1. The monoisotopic (exact) mass is 503 g/mol. The minimum atomic E-state index is -0.110. The molecular formula is C19H30IN5O3. The van der Waals surface area contributed by atoms with Crippen LogP contribution in [0.1, 0.15) is 31.7 Å². The predicted molar refractivity (Wildman–Crippen MR) is 120 cm³/mol. The first-order valence-electron chi connectivity index (χ1n) is 9.38. The van der Waals surface area contributed by atoms with E-state index in [-0.39, 0.29) is 41.8 Å². The Labute approximate surface area is 183 Å². The lowest BCUT2D eigenvalue weighted by atomic mass is 9.97. The average molecular weight is 503 g/mol. The van der Waals surface area contributed by atoms with Crippen LogP contribution in [0.5, 0.6) is 0 Å². The Morgan fingerprint density at radius 1 is 1.32 bits per heavy atom. The summed E-state index contributed by atoms with van der Waals surface area (Å²) in [6.45, 7) is 6.14.